The predicted molar refractivity (Wildman–Crippen MR) is 109 cm³/mol. The second-order valence-corrected chi connectivity index (χ2v) is 7.07. The number of aromatic hydroxyl groups is 1. The summed E-state index contributed by atoms with van der Waals surface area (Å²) in [6, 6.07) is 18.9. The minimum Gasteiger partial charge on any atom is -0.508 e. The SMILES string of the molecule is O=c1n(-c2ccc(-c3ccc(O)cc3)cc2)c2cccnc2n1C1CCNC1. The molecule has 28 heavy (non-hydrogen) atoms. The van der Waals surface area contributed by atoms with Crippen LogP contribution in [-0.2, 0) is 0 Å². The lowest BCUT2D eigenvalue weighted by atomic mass is 10.1. The molecule has 1 unspecified atom stereocenters. The van der Waals surface area contributed by atoms with Crippen LogP contribution in [0.25, 0.3) is 28.0 Å². The number of phenols is 1. The number of nitrogens with zero attached hydrogens (tertiary/aromatic N) is 3. The Morgan fingerprint density at radius 3 is 2.39 bits per heavy atom. The molecule has 4 aromatic rings. The fraction of sp³-hybridized carbons (Fsp3) is 0.182. The van der Waals surface area contributed by atoms with E-state index in [0.717, 1.165) is 47.5 Å². The number of aromatic nitrogens is 3. The smallest absolute Gasteiger partial charge is 0.335 e. The Bertz CT molecular complexity index is 1180. The van der Waals surface area contributed by atoms with Gasteiger partial charge in [-0.1, -0.05) is 24.3 Å². The van der Waals surface area contributed by atoms with Gasteiger partial charge in [0, 0.05) is 12.7 Å². The number of imidazole rings is 1. The summed E-state index contributed by atoms with van der Waals surface area (Å²) in [4.78, 5) is 17.8. The van der Waals surface area contributed by atoms with Gasteiger partial charge in [0.2, 0.25) is 0 Å². The molecular formula is C22H20N4O2. The Morgan fingerprint density at radius 2 is 1.71 bits per heavy atom. The number of hydrogen-bond acceptors (Lipinski definition) is 4. The highest BCUT2D eigenvalue weighted by atomic mass is 16.3. The van der Waals surface area contributed by atoms with Gasteiger partial charge in [-0.3, -0.25) is 9.13 Å². The number of phenolic OH excluding ortho intramolecular Hbond substituents is 1. The maximum absolute atomic E-state index is 13.3. The molecule has 6 nitrogen and oxygen atoms in total. The molecule has 5 rings (SSSR count). The molecule has 1 fully saturated rings. The van der Waals surface area contributed by atoms with Crippen molar-refractivity contribution in [1.29, 1.82) is 0 Å². The number of pyridine rings is 1. The summed E-state index contributed by atoms with van der Waals surface area (Å²) in [7, 11) is 0. The van der Waals surface area contributed by atoms with E-state index in [2.05, 4.69) is 10.3 Å². The van der Waals surface area contributed by atoms with Gasteiger partial charge in [-0.15, -0.1) is 0 Å². The van der Waals surface area contributed by atoms with Crippen molar-refractivity contribution in [3.63, 3.8) is 0 Å². The van der Waals surface area contributed by atoms with Crippen LogP contribution in [0.4, 0.5) is 0 Å². The molecule has 0 spiro atoms. The van der Waals surface area contributed by atoms with Crippen LogP contribution >= 0.6 is 0 Å². The Balaban J connectivity index is 1.62. The number of benzene rings is 2. The van der Waals surface area contributed by atoms with E-state index >= 15 is 0 Å². The van der Waals surface area contributed by atoms with Crippen molar-refractivity contribution in [3.05, 3.63) is 77.3 Å². The molecule has 0 radical (unpaired) electrons. The predicted octanol–water partition coefficient (Wildman–Crippen LogP) is 3.09. The monoisotopic (exact) mass is 372 g/mol. The van der Waals surface area contributed by atoms with Crippen LogP contribution < -0.4 is 11.0 Å². The van der Waals surface area contributed by atoms with E-state index < -0.39 is 0 Å². The van der Waals surface area contributed by atoms with Crippen LogP contribution in [0.2, 0.25) is 0 Å². The molecular weight excluding hydrogens is 352 g/mol. The zero-order valence-corrected chi connectivity index (χ0v) is 15.2. The molecule has 0 bridgehead atoms. The second kappa shape index (κ2) is 6.65. The first-order valence-corrected chi connectivity index (χ1v) is 9.41. The highest BCUT2D eigenvalue weighted by molar-refractivity contribution is 5.75. The van der Waals surface area contributed by atoms with Crippen molar-refractivity contribution in [2.24, 2.45) is 0 Å². The van der Waals surface area contributed by atoms with Crippen LogP contribution in [-0.4, -0.2) is 32.3 Å². The molecule has 0 amide bonds. The fourth-order valence-corrected chi connectivity index (χ4v) is 3.95. The first-order valence-electron chi connectivity index (χ1n) is 9.41. The highest BCUT2D eigenvalue weighted by Gasteiger charge is 2.24. The third-order valence-electron chi connectivity index (χ3n) is 5.36. The summed E-state index contributed by atoms with van der Waals surface area (Å²) in [6.07, 6.45) is 2.66. The largest absolute Gasteiger partial charge is 0.508 e. The van der Waals surface area contributed by atoms with Gasteiger partial charge in [0.25, 0.3) is 0 Å². The van der Waals surface area contributed by atoms with Crippen LogP contribution in [0.5, 0.6) is 5.75 Å². The first kappa shape index (κ1) is 16.8. The van der Waals surface area contributed by atoms with Gasteiger partial charge in [0.1, 0.15) is 5.75 Å². The molecule has 1 aliphatic heterocycles. The lowest BCUT2D eigenvalue weighted by Gasteiger charge is -2.09. The molecule has 6 heteroatoms. The summed E-state index contributed by atoms with van der Waals surface area (Å²) in [6.45, 7) is 1.70. The zero-order chi connectivity index (χ0) is 19.1. The third kappa shape index (κ3) is 2.70. The number of nitrogens with one attached hydrogen (secondary N) is 1. The standard InChI is InChI=1S/C22H20N4O2/c27-19-9-5-16(6-10-19)15-3-7-17(8-4-15)25-20-2-1-12-24-21(20)26(22(25)28)18-11-13-23-14-18/h1-10,12,18,23,27H,11,13-14H2. The minimum absolute atomic E-state index is 0.0558. The number of fused-ring (bicyclic) bond motifs is 1. The molecule has 1 aliphatic rings. The average Bonchev–Trinajstić information content (AvgIpc) is 3.34. The van der Waals surface area contributed by atoms with Crippen LogP contribution in [0.3, 0.4) is 0 Å². The molecule has 0 saturated carbocycles. The van der Waals surface area contributed by atoms with Crippen molar-refractivity contribution in [3.8, 4) is 22.6 Å². The van der Waals surface area contributed by atoms with E-state index in [1.807, 2.05) is 53.1 Å². The van der Waals surface area contributed by atoms with Gasteiger partial charge in [0.05, 0.1) is 17.2 Å². The summed E-state index contributed by atoms with van der Waals surface area (Å²) < 4.78 is 3.56. The van der Waals surface area contributed by atoms with E-state index in [0.29, 0.717) is 0 Å². The van der Waals surface area contributed by atoms with E-state index in [1.165, 1.54) is 0 Å². The van der Waals surface area contributed by atoms with Gasteiger partial charge < -0.3 is 10.4 Å². The van der Waals surface area contributed by atoms with Crippen LogP contribution in [0, 0.1) is 0 Å². The van der Waals surface area contributed by atoms with Gasteiger partial charge in [-0.25, -0.2) is 9.78 Å². The lowest BCUT2D eigenvalue weighted by molar-refractivity contribution is 0.475. The van der Waals surface area contributed by atoms with Gasteiger partial charge >= 0.3 is 5.69 Å². The number of hydrogen-bond donors (Lipinski definition) is 2. The molecule has 3 heterocycles. The minimum atomic E-state index is -0.0558. The Labute approximate surface area is 161 Å². The first-order chi connectivity index (χ1) is 13.7. The van der Waals surface area contributed by atoms with E-state index in [1.54, 1.807) is 22.9 Å². The van der Waals surface area contributed by atoms with Crippen molar-refractivity contribution >= 4 is 11.2 Å². The van der Waals surface area contributed by atoms with Crippen LogP contribution in [0.15, 0.2) is 71.7 Å². The molecule has 2 aromatic carbocycles. The highest BCUT2D eigenvalue weighted by Crippen LogP contribution is 2.25. The quantitative estimate of drug-likeness (QED) is 0.580. The van der Waals surface area contributed by atoms with Crippen molar-refractivity contribution in [2.75, 3.05) is 13.1 Å². The second-order valence-electron chi connectivity index (χ2n) is 7.07. The normalized spacial score (nSPS) is 16.6. The van der Waals surface area contributed by atoms with Crippen LogP contribution in [0.1, 0.15) is 12.5 Å². The van der Waals surface area contributed by atoms with Crippen molar-refractivity contribution < 1.29 is 5.11 Å². The molecule has 2 N–H and O–H groups in total. The van der Waals surface area contributed by atoms with Crippen molar-refractivity contribution in [2.45, 2.75) is 12.5 Å². The molecule has 0 aliphatic carbocycles. The maximum Gasteiger partial charge on any atom is 0.335 e. The van der Waals surface area contributed by atoms with Crippen molar-refractivity contribution in [1.82, 2.24) is 19.4 Å². The van der Waals surface area contributed by atoms with E-state index in [9.17, 15) is 9.90 Å². The van der Waals surface area contributed by atoms with E-state index in [-0.39, 0.29) is 17.5 Å². The third-order valence-corrected chi connectivity index (χ3v) is 5.36. The van der Waals surface area contributed by atoms with Gasteiger partial charge in [-0.05, 0) is 60.5 Å². The Morgan fingerprint density at radius 1 is 1.00 bits per heavy atom. The summed E-state index contributed by atoms with van der Waals surface area (Å²) >= 11 is 0. The molecule has 140 valence electrons. The average molecular weight is 372 g/mol. The zero-order valence-electron chi connectivity index (χ0n) is 15.2. The Kier molecular flexibility index (Phi) is 3.98. The fourth-order valence-electron chi connectivity index (χ4n) is 3.95. The summed E-state index contributed by atoms with van der Waals surface area (Å²) in [5.41, 5.74) is 4.34. The Hall–Kier alpha value is -3.38. The molecule has 2 aromatic heterocycles. The lowest BCUT2D eigenvalue weighted by Crippen LogP contribution is -2.28. The maximum atomic E-state index is 13.3. The number of rotatable bonds is 3. The van der Waals surface area contributed by atoms with Gasteiger partial charge in [-0.2, -0.15) is 0 Å². The van der Waals surface area contributed by atoms with E-state index in [4.69, 9.17) is 0 Å². The summed E-state index contributed by atoms with van der Waals surface area (Å²) in [5.74, 6) is 0.244. The molecule has 1 saturated heterocycles. The molecule has 1 atom stereocenters. The van der Waals surface area contributed by atoms with Gasteiger partial charge in [0.15, 0.2) is 5.65 Å². The topological polar surface area (TPSA) is 72.1 Å². The summed E-state index contributed by atoms with van der Waals surface area (Å²) in [5, 5.41) is 12.8.